The molecule has 0 saturated heterocycles. The van der Waals surface area contributed by atoms with Crippen molar-refractivity contribution in [1.29, 1.82) is 0 Å². The fourth-order valence-corrected chi connectivity index (χ4v) is 1.64. The van der Waals surface area contributed by atoms with Crippen LogP contribution in [-0.2, 0) is 0 Å². The van der Waals surface area contributed by atoms with Crippen LogP contribution >= 0.6 is 12.2 Å². The van der Waals surface area contributed by atoms with Gasteiger partial charge < -0.3 is 11.5 Å². The van der Waals surface area contributed by atoms with Crippen molar-refractivity contribution in [2.45, 2.75) is 0 Å². The molecule has 1 heterocycles. The van der Waals surface area contributed by atoms with E-state index < -0.39 is 5.91 Å². The summed E-state index contributed by atoms with van der Waals surface area (Å²) in [5.74, 6) is -0.573. The van der Waals surface area contributed by atoms with Crippen LogP contribution in [0.1, 0.15) is 16.1 Å². The lowest BCUT2D eigenvalue weighted by Crippen LogP contribution is -2.15. The highest BCUT2D eigenvalue weighted by molar-refractivity contribution is 7.80. The minimum Gasteiger partial charge on any atom is -0.389 e. The van der Waals surface area contributed by atoms with Gasteiger partial charge in [0.15, 0.2) is 0 Å². The number of amides is 1. The van der Waals surface area contributed by atoms with Gasteiger partial charge in [-0.2, -0.15) is 5.10 Å². The maximum absolute atomic E-state index is 11.0. The Bertz CT molecular complexity index is 591. The molecule has 0 unspecified atom stereocenters. The van der Waals surface area contributed by atoms with E-state index in [-0.39, 0.29) is 10.7 Å². The molecule has 86 valence electrons. The van der Waals surface area contributed by atoms with Gasteiger partial charge in [0.2, 0.25) is 0 Å². The minimum absolute atomic E-state index is 0.197. The predicted octanol–water partition coefficient (Wildman–Crippen LogP) is 0.605. The van der Waals surface area contributed by atoms with E-state index in [1.807, 2.05) is 18.2 Å². The van der Waals surface area contributed by atoms with Crippen molar-refractivity contribution >= 4 is 23.1 Å². The highest BCUT2D eigenvalue weighted by Crippen LogP contribution is 2.13. The van der Waals surface area contributed by atoms with E-state index in [1.165, 1.54) is 4.68 Å². The van der Waals surface area contributed by atoms with Crippen LogP contribution < -0.4 is 11.5 Å². The van der Waals surface area contributed by atoms with Gasteiger partial charge in [0.1, 0.15) is 10.7 Å². The zero-order valence-electron chi connectivity index (χ0n) is 8.83. The molecule has 1 amide bonds. The molecule has 5 nitrogen and oxygen atoms in total. The Balaban J connectivity index is 2.52. The summed E-state index contributed by atoms with van der Waals surface area (Å²) < 4.78 is 1.52. The van der Waals surface area contributed by atoms with Crippen molar-refractivity contribution in [3.8, 4) is 5.69 Å². The number of rotatable bonds is 3. The van der Waals surface area contributed by atoms with Crippen molar-refractivity contribution in [1.82, 2.24) is 9.78 Å². The van der Waals surface area contributed by atoms with Crippen LogP contribution in [0, 0.1) is 0 Å². The summed E-state index contributed by atoms with van der Waals surface area (Å²) in [6.07, 6.45) is 1.64. The highest BCUT2D eigenvalue weighted by Gasteiger charge is 2.09. The summed E-state index contributed by atoms with van der Waals surface area (Å²) in [5, 5.41) is 4.05. The number of carbonyl (C=O) groups is 1. The SMILES string of the molecule is NC(=O)c1ccn(-c2ccccc2C(N)=S)n1. The molecule has 0 atom stereocenters. The minimum atomic E-state index is -0.573. The predicted molar refractivity (Wildman–Crippen MR) is 68.0 cm³/mol. The van der Waals surface area contributed by atoms with Gasteiger partial charge in [-0.1, -0.05) is 24.4 Å². The van der Waals surface area contributed by atoms with E-state index in [1.54, 1.807) is 18.3 Å². The first-order valence-electron chi connectivity index (χ1n) is 4.84. The van der Waals surface area contributed by atoms with Gasteiger partial charge in [0.25, 0.3) is 5.91 Å². The third kappa shape index (κ3) is 2.16. The first kappa shape index (κ1) is 11.3. The third-order valence-electron chi connectivity index (χ3n) is 2.26. The normalized spacial score (nSPS) is 10.1. The summed E-state index contributed by atoms with van der Waals surface area (Å²) in [5.41, 5.74) is 12.4. The smallest absolute Gasteiger partial charge is 0.269 e. The fraction of sp³-hybridized carbons (Fsp3) is 0. The lowest BCUT2D eigenvalue weighted by Gasteiger charge is -2.07. The van der Waals surface area contributed by atoms with E-state index in [9.17, 15) is 4.79 Å². The van der Waals surface area contributed by atoms with Crippen LogP contribution in [0.4, 0.5) is 0 Å². The van der Waals surface area contributed by atoms with E-state index in [0.29, 0.717) is 11.3 Å². The molecule has 0 aliphatic carbocycles. The van der Waals surface area contributed by atoms with E-state index >= 15 is 0 Å². The lowest BCUT2D eigenvalue weighted by molar-refractivity contribution is 0.0995. The Morgan fingerprint density at radius 2 is 1.94 bits per heavy atom. The van der Waals surface area contributed by atoms with Crippen molar-refractivity contribution in [3.05, 3.63) is 47.8 Å². The number of nitrogens with two attached hydrogens (primary N) is 2. The number of hydrogen-bond donors (Lipinski definition) is 2. The molecular formula is C11H10N4OS. The molecule has 0 radical (unpaired) electrons. The molecule has 0 aliphatic heterocycles. The summed E-state index contributed by atoms with van der Waals surface area (Å²) in [4.78, 5) is 11.2. The molecule has 2 aromatic rings. The largest absolute Gasteiger partial charge is 0.389 e. The summed E-state index contributed by atoms with van der Waals surface area (Å²) in [6, 6.07) is 8.81. The number of para-hydroxylation sites is 1. The van der Waals surface area contributed by atoms with Gasteiger partial charge in [-0.05, 0) is 18.2 Å². The van der Waals surface area contributed by atoms with Crippen molar-refractivity contribution in [2.75, 3.05) is 0 Å². The zero-order valence-corrected chi connectivity index (χ0v) is 9.65. The van der Waals surface area contributed by atoms with Gasteiger partial charge in [-0.15, -0.1) is 0 Å². The molecule has 1 aromatic carbocycles. The van der Waals surface area contributed by atoms with Crippen molar-refractivity contribution < 1.29 is 4.79 Å². The maximum atomic E-state index is 11.0. The monoisotopic (exact) mass is 246 g/mol. The molecule has 4 N–H and O–H groups in total. The van der Waals surface area contributed by atoms with Crippen LogP contribution in [0.5, 0.6) is 0 Å². The number of nitrogens with zero attached hydrogens (tertiary/aromatic N) is 2. The average molecular weight is 246 g/mol. The standard InChI is InChI=1S/C11H10N4OS/c12-10(16)8-5-6-15(14-8)9-4-2-1-3-7(9)11(13)17/h1-6H,(H2,12,16)(H2,13,17). The first-order chi connectivity index (χ1) is 8.09. The topological polar surface area (TPSA) is 86.9 Å². The van der Waals surface area contributed by atoms with Gasteiger partial charge in [-0.25, -0.2) is 4.68 Å². The first-order valence-corrected chi connectivity index (χ1v) is 5.25. The Morgan fingerprint density at radius 1 is 1.24 bits per heavy atom. The van der Waals surface area contributed by atoms with Gasteiger partial charge in [0, 0.05) is 11.8 Å². The zero-order chi connectivity index (χ0) is 12.4. The van der Waals surface area contributed by atoms with Gasteiger partial charge in [-0.3, -0.25) is 4.79 Å². The molecular weight excluding hydrogens is 236 g/mol. The molecule has 2 rings (SSSR count). The number of thiocarbonyl (C=S) groups is 1. The number of aromatic nitrogens is 2. The molecule has 0 saturated carbocycles. The molecule has 0 fully saturated rings. The fourth-order valence-electron chi connectivity index (χ4n) is 1.47. The second-order valence-corrected chi connectivity index (χ2v) is 3.83. The number of hydrogen-bond acceptors (Lipinski definition) is 3. The molecule has 0 bridgehead atoms. The summed E-state index contributed by atoms with van der Waals surface area (Å²) >= 11 is 4.95. The Labute approximate surface area is 103 Å². The summed E-state index contributed by atoms with van der Waals surface area (Å²) in [6.45, 7) is 0. The quantitative estimate of drug-likeness (QED) is 0.777. The number of primary amides is 1. The van der Waals surface area contributed by atoms with E-state index in [2.05, 4.69) is 5.10 Å². The van der Waals surface area contributed by atoms with Crippen LogP contribution in [0.2, 0.25) is 0 Å². The summed E-state index contributed by atoms with van der Waals surface area (Å²) in [7, 11) is 0. The second-order valence-electron chi connectivity index (χ2n) is 3.39. The van der Waals surface area contributed by atoms with Crippen LogP contribution in [-0.4, -0.2) is 20.7 Å². The van der Waals surface area contributed by atoms with E-state index in [0.717, 1.165) is 0 Å². The number of benzene rings is 1. The Kier molecular flexibility index (Phi) is 2.88. The van der Waals surface area contributed by atoms with Crippen molar-refractivity contribution in [3.63, 3.8) is 0 Å². The maximum Gasteiger partial charge on any atom is 0.269 e. The van der Waals surface area contributed by atoms with Crippen LogP contribution in [0.25, 0.3) is 5.69 Å². The molecule has 17 heavy (non-hydrogen) atoms. The van der Waals surface area contributed by atoms with Crippen LogP contribution in [0.3, 0.4) is 0 Å². The van der Waals surface area contributed by atoms with Gasteiger partial charge in [0.05, 0.1) is 5.69 Å². The third-order valence-corrected chi connectivity index (χ3v) is 2.48. The molecule has 0 aliphatic rings. The lowest BCUT2D eigenvalue weighted by atomic mass is 10.2. The molecule has 1 aromatic heterocycles. The van der Waals surface area contributed by atoms with E-state index in [4.69, 9.17) is 23.7 Å². The highest BCUT2D eigenvalue weighted by atomic mass is 32.1. The average Bonchev–Trinajstić information content (AvgIpc) is 2.78. The van der Waals surface area contributed by atoms with Gasteiger partial charge >= 0.3 is 0 Å². The Morgan fingerprint density at radius 3 is 2.53 bits per heavy atom. The second kappa shape index (κ2) is 4.34. The Hall–Kier alpha value is -2.21. The molecule has 6 heteroatoms. The number of carbonyl (C=O) groups excluding carboxylic acids is 1. The molecule has 0 spiro atoms. The van der Waals surface area contributed by atoms with Crippen molar-refractivity contribution in [2.24, 2.45) is 11.5 Å². The van der Waals surface area contributed by atoms with Crippen LogP contribution in [0.15, 0.2) is 36.5 Å².